The van der Waals surface area contributed by atoms with Crippen molar-refractivity contribution in [3.05, 3.63) is 46.8 Å². The molecule has 0 amide bonds. The first-order chi connectivity index (χ1) is 13.1. The van der Waals surface area contributed by atoms with E-state index in [1.54, 1.807) is 10.4 Å². The summed E-state index contributed by atoms with van der Waals surface area (Å²) in [6, 6.07) is 12.0. The summed E-state index contributed by atoms with van der Waals surface area (Å²) in [5, 5.41) is 0. The second-order valence-electron chi connectivity index (χ2n) is 6.79. The number of rotatable bonds is 5. The summed E-state index contributed by atoms with van der Waals surface area (Å²) in [5.74, 6) is 0. The van der Waals surface area contributed by atoms with E-state index in [0.29, 0.717) is 17.3 Å². The molecule has 0 N–H and O–H groups in total. The van der Waals surface area contributed by atoms with Gasteiger partial charge in [-0.3, -0.25) is 0 Å². The molecule has 5 nitrogen and oxygen atoms in total. The van der Waals surface area contributed by atoms with Gasteiger partial charge in [0.2, 0.25) is 0 Å². The van der Waals surface area contributed by atoms with Crippen LogP contribution in [0.2, 0.25) is 0 Å². The van der Waals surface area contributed by atoms with Gasteiger partial charge >= 0.3 is 0 Å². The van der Waals surface area contributed by atoms with Crippen molar-refractivity contribution in [3.63, 3.8) is 0 Å². The van der Waals surface area contributed by atoms with Gasteiger partial charge in [-0.15, -0.1) is 11.3 Å². The molecular weight excluding hydrogens is 380 g/mol. The van der Waals surface area contributed by atoms with Crippen LogP contribution in [0.5, 0.6) is 0 Å². The molecule has 3 heterocycles. The lowest BCUT2D eigenvalue weighted by molar-refractivity contribution is 0.122. The monoisotopic (exact) mass is 404 g/mol. The zero-order chi connectivity index (χ0) is 18.7. The van der Waals surface area contributed by atoms with Crippen LogP contribution in [0.3, 0.4) is 0 Å². The average Bonchev–Trinajstić information content (AvgIpc) is 3.40. The maximum absolute atomic E-state index is 12.6. The second kappa shape index (κ2) is 8.14. The van der Waals surface area contributed by atoms with Crippen LogP contribution in [0.1, 0.15) is 23.3 Å². The highest BCUT2D eigenvalue weighted by Gasteiger charge is 2.28. The van der Waals surface area contributed by atoms with Crippen LogP contribution in [0, 0.1) is 0 Å². The molecule has 144 valence electrons. The minimum Gasteiger partial charge on any atom is -0.378 e. The summed E-state index contributed by atoms with van der Waals surface area (Å²) >= 11 is 1.33. The van der Waals surface area contributed by atoms with Crippen molar-refractivity contribution in [2.24, 2.45) is 0 Å². The maximum atomic E-state index is 12.6. The number of morpholine rings is 1. The van der Waals surface area contributed by atoms with Gasteiger partial charge in [0, 0.05) is 36.7 Å². The largest absolute Gasteiger partial charge is 0.378 e. The number of nitrogens with zero attached hydrogens (tertiary/aromatic N) is 2. The SMILES string of the molecule is O=S(=O)(c1ccc(/C=C/c2ccc(N3CCOCC3)cc2)s1)N1CCCC1. The smallest absolute Gasteiger partial charge is 0.252 e. The number of thiophene rings is 1. The molecule has 1 aromatic heterocycles. The van der Waals surface area contributed by atoms with E-state index in [1.165, 1.54) is 17.0 Å². The summed E-state index contributed by atoms with van der Waals surface area (Å²) in [6.07, 6.45) is 5.92. The van der Waals surface area contributed by atoms with Crippen LogP contribution in [-0.2, 0) is 14.8 Å². The van der Waals surface area contributed by atoms with E-state index in [1.807, 2.05) is 18.2 Å². The fraction of sp³-hybridized carbons (Fsp3) is 0.400. The number of hydrogen-bond donors (Lipinski definition) is 0. The Bertz CT molecular complexity index is 892. The molecule has 2 fully saturated rings. The first kappa shape index (κ1) is 18.7. The zero-order valence-corrected chi connectivity index (χ0v) is 16.8. The minimum absolute atomic E-state index is 0.437. The van der Waals surface area contributed by atoms with Crippen LogP contribution >= 0.6 is 11.3 Å². The molecule has 0 aliphatic carbocycles. The van der Waals surface area contributed by atoms with Crippen molar-refractivity contribution in [3.8, 4) is 0 Å². The first-order valence-corrected chi connectivity index (χ1v) is 11.6. The van der Waals surface area contributed by atoms with Gasteiger partial charge in [0.25, 0.3) is 10.0 Å². The number of sulfonamides is 1. The number of ether oxygens (including phenoxy) is 1. The summed E-state index contributed by atoms with van der Waals surface area (Å²) in [6.45, 7) is 4.70. The van der Waals surface area contributed by atoms with Gasteiger partial charge in [0.05, 0.1) is 13.2 Å². The molecule has 27 heavy (non-hydrogen) atoms. The topological polar surface area (TPSA) is 49.9 Å². The number of benzene rings is 1. The third-order valence-corrected chi connectivity index (χ3v) is 8.39. The Hall–Kier alpha value is -1.67. The third-order valence-electron chi connectivity index (χ3n) is 4.97. The molecule has 2 aliphatic rings. The molecule has 0 atom stereocenters. The first-order valence-electron chi connectivity index (χ1n) is 9.34. The van der Waals surface area contributed by atoms with E-state index < -0.39 is 10.0 Å². The van der Waals surface area contributed by atoms with Gasteiger partial charge in [0.15, 0.2) is 0 Å². The highest BCUT2D eigenvalue weighted by Crippen LogP contribution is 2.28. The summed E-state index contributed by atoms with van der Waals surface area (Å²) in [5.41, 5.74) is 2.31. The highest BCUT2D eigenvalue weighted by atomic mass is 32.2. The van der Waals surface area contributed by atoms with Gasteiger partial charge in [-0.05, 0) is 48.7 Å². The van der Waals surface area contributed by atoms with Crippen molar-refractivity contribution in [2.75, 3.05) is 44.3 Å². The summed E-state index contributed by atoms with van der Waals surface area (Å²) in [7, 11) is -3.32. The molecule has 0 saturated carbocycles. The Labute approximate surface area is 164 Å². The zero-order valence-electron chi connectivity index (χ0n) is 15.2. The molecule has 2 aromatic rings. The number of hydrogen-bond acceptors (Lipinski definition) is 5. The van der Waals surface area contributed by atoms with Gasteiger partial charge in [-0.25, -0.2) is 8.42 Å². The molecule has 7 heteroatoms. The van der Waals surface area contributed by atoms with Gasteiger partial charge in [-0.1, -0.05) is 18.2 Å². The molecule has 4 rings (SSSR count). The Balaban J connectivity index is 1.43. The van der Waals surface area contributed by atoms with E-state index in [9.17, 15) is 8.42 Å². The molecule has 0 radical (unpaired) electrons. The number of anilines is 1. The van der Waals surface area contributed by atoms with Crippen molar-refractivity contribution in [1.29, 1.82) is 0 Å². The standard InChI is InChI=1S/C20H24N2O3S2/c23-27(24,22-11-1-2-12-22)20-10-9-19(26-20)8-5-17-3-6-18(7-4-17)21-13-15-25-16-14-21/h3-10H,1-2,11-16H2/b8-5+. The predicted octanol–water partition coefficient (Wildman–Crippen LogP) is 3.54. The Morgan fingerprint density at radius 2 is 1.59 bits per heavy atom. The van der Waals surface area contributed by atoms with Gasteiger partial charge < -0.3 is 9.64 Å². The third kappa shape index (κ3) is 4.27. The van der Waals surface area contributed by atoms with Crippen molar-refractivity contribution in [2.45, 2.75) is 17.1 Å². The quantitative estimate of drug-likeness (QED) is 0.765. The van der Waals surface area contributed by atoms with Crippen LogP contribution < -0.4 is 4.90 Å². The van der Waals surface area contributed by atoms with Crippen LogP contribution in [0.15, 0.2) is 40.6 Å². The van der Waals surface area contributed by atoms with Gasteiger partial charge in [-0.2, -0.15) is 4.31 Å². The molecule has 2 aliphatic heterocycles. The summed E-state index contributed by atoms with van der Waals surface area (Å²) < 4.78 is 32.6. The molecule has 1 aromatic carbocycles. The molecule has 2 saturated heterocycles. The molecular formula is C20H24N2O3S2. The molecule has 0 bridgehead atoms. The predicted molar refractivity (Wildman–Crippen MR) is 111 cm³/mol. The van der Waals surface area contributed by atoms with Crippen molar-refractivity contribution >= 4 is 39.2 Å². The Morgan fingerprint density at radius 1 is 0.889 bits per heavy atom. The van der Waals surface area contributed by atoms with Crippen LogP contribution in [0.25, 0.3) is 12.2 Å². The van der Waals surface area contributed by atoms with E-state index in [-0.39, 0.29) is 0 Å². The Kier molecular flexibility index (Phi) is 5.63. The van der Waals surface area contributed by atoms with E-state index in [0.717, 1.165) is 49.6 Å². The lowest BCUT2D eigenvalue weighted by Gasteiger charge is -2.28. The molecule has 0 spiro atoms. The molecule has 0 unspecified atom stereocenters. The average molecular weight is 405 g/mol. The lowest BCUT2D eigenvalue weighted by atomic mass is 10.1. The van der Waals surface area contributed by atoms with Crippen LogP contribution in [0.4, 0.5) is 5.69 Å². The van der Waals surface area contributed by atoms with E-state index >= 15 is 0 Å². The van der Waals surface area contributed by atoms with Crippen molar-refractivity contribution < 1.29 is 13.2 Å². The fourth-order valence-electron chi connectivity index (χ4n) is 3.41. The normalized spacial score (nSPS) is 19.2. The van der Waals surface area contributed by atoms with E-state index in [2.05, 4.69) is 29.2 Å². The lowest BCUT2D eigenvalue weighted by Crippen LogP contribution is -2.36. The summed E-state index contributed by atoms with van der Waals surface area (Å²) in [4.78, 5) is 3.27. The van der Waals surface area contributed by atoms with Crippen molar-refractivity contribution in [1.82, 2.24) is 4.31 Å². The minimum atomic E-state index is -3.32. The fourth-order valence-corrected chi connectivity index (χ4v) is 6.31. The van der Waals surface area contributed by atoms with E-state index in [4.69, 9.17) is 4.74 Å². The van der Waals surface area contributed by atoms with Crippen LogP contribution in [-0.4, -0.2) is 52.1 Å². The second-order valence-corrected chi connectivity index (χ2v) is 10.1. The highest BCUT2D eigenvalue weighted by molar-refractivity contribution is 7.91. The van der Waals surface area contributed by atoms with Gasteiger partial charge in [0.1, 0.15) is 4.21 Å². The maximum Gasteiger partial charge on any atom is 0.252 e. The Morgan fingerprint density at radius 3 is 2.30 bits per heavy atom.